The zero-order valence-corrected chi connectivity index (χ0v) is 17.3. The molecule has 3 heterocycles. The molecule has 3 aliphatic rings. The summed E-state index contributed by atoms with van der Waals surface area (Å²) in [7, 11) is 0. The Morgan fingerprint density at radius 2 is 1.96 bits per heavy atom. The van der Waals surface area contributed by atoms with Crippen LogP contribution in [0.25, 0.3) is 0 Å². The van der Waals surface area contributed by atoms with Crippen molar-refractivity contribution in [3.8, 4) is 0 Å². The van der Waals surface area contributed by atoms with E-state index in [0.29, 0.717) is 19.5 Å². The molecule has 0 saturated carbocycles. The molecular formula is C21H29N3O3S. The number of thiazole rings is 1. The Morgan fingerprint density at radius 3 is 2.61 bits per heavy atom. The first kappa shape index (κ1) is 19.6. The van der Waals surface area contributed by atoms with Gasteiger partial charge in [0.15, 0.2) is 0 Å². The lowest BCUT2D eigenvalue weighted by molar-refractivity contribution is -0.144. The van der Waals surface area contributed by atoms with Crippen LogP contribution in [0.4, 0.5) is 0 Å². The van der Waals surface area contributed by atoms with Crippen LogP contribution >= 0.6 is 11.3 Å². The van der Waals surface area contributed by atoms with E-state index in [-0.39, 0.29) is 23.1 Å². The molecule has 6 nitrogen and oxygen atoms in total. The first-order valence-corrected chi connectivity index (χ1v) is 11.1. The molecule has 2 fully saturated rings. The van der Waals surface area contributed by atoms with E-state index in [1.807, 2.05) is 22.1 Å². The Morgan fingerprint density at radius 1 is 1.25 bits per heavy atom. The highest BCUT2D eigenvalue weighted by molar-refractivity contribution is 7.09. The van der Waals surface area contributed by atoms with Gasteiger partial charge in [-0.2, -0.15) is 0 Å². The molecule has 1 aliphatic carbocycles. The zero-order valence-electron chi connectivity index (χ0n) is 16.5. The Kier molecular flexibility index (Phi) is 5.56. The lowest BCUT2D eigenvalue weighted by atomic mass is 9.71. The number of amides is 2. The predicted molar refractivity (Wildman–Crippen MR) is 108 cm³/mol. The van der Waals surface area contributed by atoms with Crippen molar-refractivity contribution in [1.29, 1.82) is 0 Å². The highest BCUT2D eigenvalue weighted by Gasteiger charge is 2.44. The second kappa shape index (κ2) is 7.95. The number of aliphatic hydroxyl groups excluding tert-OH is 1. The standard InChI is InChI=1S/C21H29N3O3S/c1-15-22-17(13-28-15)10-19(26)24-12-18(25)11-21(14-24)6-8-23(9-7-21)20(27)16-4-2-3-5-16/h2-3,13,16,18,25H,4-12,14H2,1H3. The molecule has 2 saturated heterocycles. The third-order valence-electron chi connectivity index (χ3n) is 6.47. The topological polar surface area (TPSA) is 73.7 Å². The SMILES string of the molecule is Cc1nc(CC(=O)N2CC(O)CC3(CCN(C(=O)C4CC=CC4)CC3)C2)cs1. The Hall–Kier alpha value is -1.73. The quantitative estimate of drug-likeness (QED) is 0.785. The maximum absolute atomic E-state index is 12.8. The van der Waals surface area contributed by atoms with Crippen LogP contribution < -0.4 is 0 Å². The van der Waals surface area contributed by atoms with Crippen LogP contribution in [0.5, 0.6) is 0 Å². The van der Waals surface area contributed by atoms with Gasteiger partial charge < -0.3 is 14.9 Å². The molecule has 2 amide bonds. The summed E-state index contributed by atoms with van der Waals surface area (Å²) in [5, 5.41) is 13.4. The van der Waals surface area contributed by atoms with E-state index in [2.05, 4.69) is 17.1 Å². The van der Waals surface area contributed by atoms with E-state index in [0.717, 1.165) is 55.9 Å². The summed E-state index contributed by atoms with van der Waals surface area (Å²) in [5.74, 6) is 0.424. The van der Waals surface area contributed by atoms with Gasteiger partial charge in [-0.05, 0) is 44.4 Å². The van der Waals surface area contributed by atoms with Crippen molar-refractivity contribution in [1.82, 2.24) is 14.8 Å². The lowest BCUT2D eigenvalue weighted by Gasteiger charge is -2.49. The molecule has 152 valence electrons. The fourth-order valence-electron chi connectivity index (χ4n) is 4.94. The number of rotatable bonds is 3. The second-order valence-electron chi connectivity index (χ2n) is 8.63. The predicted octanol–water partition coefficient (Wildman–Crippen LogP) is 2.16. The average molecular weight is 404 g/mol. The molecule has 0 aromatic carbocycles. The first-order chi connectivity index (χ1) is 13.4. The lowest BCUT2D eigenvalue weighted by Crippen LogP contribution is -2.56. The van der Waals surface area contributed by atoms with Crippen LogP contribution in [0.3, 0.4) is 0 Å². The molecule has 1 spiro atoms. The third-order valence-corrected chi connectivity index (χ3v) is 7.29. The van der Waals surface area contributed by atoms with Gasteiger partial charge in [0.05, 0.1) is 23.2 Å². The van der Waals surface area contributed by atoms with Gasteiger partial charge in [-0.25, -0.2) is 4.98 Å². The fraction of sp³-hybridized carbons (Fsp3) is 0.667. The van der Waals surface area contributed by atoms with Crippen molar-refractivity contribution >= 4 is 23.2 Å². The summed E-state index contributed by atoms with van der Waals surface area (Å²) < 4.78 is 0. The van der Waals surface area contributed by atoms with E-state index in [1.165, 1.54) is 0 Å². The van der Waals surface area contributed by atoms with Crippen LogP contribution in [0.1, 0.15) is 42.8 Å². The number of aryl methyl sites for hydroxylation is 1. The van der Waals surface area contributed by atoms with Gasteiger partial charge in [-0.15, -0.1) is 11.3 Å². The van der Waals surface area contributed by atoms with Gasteiger partial charge in [0.1, 0.15) is 0 Å². The summed E-state index contributed by atoms with van der Waals surface area (Å²) >= 11 is 1.56. The van der Waals surface area contributed by atoms with E-state index < -0.39 is 6.10 Å². The Bertz CT molecular complexity index is 759. The largest absolute Gasteiger partial charge is 0.391 e. The van der Waals surface area contributed by atoms with Crippen LogP contribution in [0, 0.1) is 18.3 Å². The monoisotopic (exact) mass is 403 g/mol. The van der Waals surface area contributed by atoms with E-state index in [4.69, 9.17) is 0 Å². The molecule has 1 aromatic rings. The van der Waals surface area contributed by atoms with Crippen LogP contribution in [-0.4, -0.2) is 64.0 Å². The highest BCUT2D eigenvalue weighted by atomic mass is 32.1. The molecule has 0 bridgehead atoms. The minimum Gasteiger partial charge on any atom is -0.391 e. The van der Waals surface area contributed by atoms with E-state index in [9.17, 15) is 14.7 Å². The van der Waals surface area contributed by atoms with E-state index in [1.54, 1.807) is 11.3 Å². The van der Waals surface area contributed by atoms with Gasteiger partial charge in [0.2, 0.25) is 11.8 Å². The Labute approximate surface area is 170 Å². The maximum atomic E-state index is 12.8. The van der Waals surface area contributed by atoms with Gasteiger partial charge >= 0.3 is 0 Å². The molecule has 0 radical (unpaired) electrons. The molecule has 4 rings (SSSR count). The average Bonchev–Trinajstić information content (AvgIpc) is 3.33. The van der Waals surface area contributed by atoms with Crippen molar-refractivity contribution < 1.29 is 14.7 Å². The van der Waals surface area contributed by atoms with Crippen LogP contribution in [-0.2, 0) is 16.0 Å². The molecule has 1 N–H and O–H groups in total. The van der Waals surface area contributed by atoms with Crippen molar-refractivity contribution in [2.45, 2.75) is 51.6 Å². The molecule has 1 atom stereocenters. The first-order valence-electron chi connectivity index (χ1n) is 10.2. The fourth-order valence-corrected chi connectivity index (χ4v) is 5.55. The molecule has 1 aromatic heterocycles. The van der Waals surface area contributed by atoms with E-state index >= 15 is 0 Å². The molecule has 28 heavy (non-hydrogen) atoms. The summed E-state index contributed by atoms with van der Waals surface area (Å²) in [6.07, 6.45) is 8.15. The molecule has 1 unspecified atom stereocenters. The minimum atomic E-state index is -0.490. The number of aliphatic hydroxyl groups is 1. The van der Waals surface area contributed by atoms with Crippen LogP contribution in [0.15, 0.2) is 17.5 Å². The number of β-amino-alcohol motifs (C(OH)–C–C–N with tert-alkyl or cyclic N) is 1. The van der Waals surface area contributed by atoms with Gasteiger partial charge in [-0.1, -0.05) is 12.2 Å². The van der Waals surface area contributed by atoms with Gasteiger partial charge in [0.25, 0.3) is 0 Å². The van der Waals surface area contributed by atoms with Crippen molar-refractivity contribution in [3.05, 3.63) is 28.2 Å². The number of piperidine rings is 2. The summed E-state index contributed by atoms with van der Waals surface area (Å²) in [6, 6.07) is 0. The van der Waals surface area contributed by atoms with Crippen molar-refractivity contribution in [3.63, 3.8) is 0 Å². The number of allylic oxidation sites excluding steroid dienone is 2. The Balaban J connectivity index is 1.36. The molecule has 7 heteroatoms. The zero-order chi connectivity index (χ0) is 19.7. The van der Waals surface area contributed by atoms with Gasteiger partial charge in [-0.3, -0.25) is 9.59 Å². The second-order valence-corrected chi connectivity index (χ2v) is 9.69. The summed E-state index contributed by atoms with van der Waals surface area (Å²) in [4.78, 5) is 33.7. The molecular weight excluding hydrogens is 374 g/mol. The van der Waals surface area contributed by atoms with Crippen molar-refractivity contribution in [2.75, 3.05) is 26.2 Å². The third kappa shape index (κ3) is 4.15. The number of hydrogen-bond donors (Lipinski definition) is 1. The van der Waals surface area contributed by atoms with Crippen molar-refractivity contribution in [2.24, 2.45) is 11.3 Å². The number of likely N-dealkylation sites (tertiary alicyclic amines) is 2. The minimum absolute atomic E-state index is 0.0407. The maximum Gasteiger partial charge on any atom is 0.228 e. The number of nitrogens with zero attached hydrogens (tertiary/aromatic N) is 3. The van der Waals surface area contributed by atoms with Gasteiger partial charge in [0, 0.05) is 37.5 Å². The number of hydrogen-bond acceptors (Lipinski definition) is 5. The van der Waals surface area contributed by atoms with Crippen LogP contribution in [0.2, 0.25) is 0 Å². The number of carbonyl (C=O) groups excluding carboxylic acids is 2. The number of carbonyl (C=O) groups is 2. The highest BCUT2D eigenvalue weighted by Crippen LogP contribution is 2.40. The normalized spacial score (nSPS) is 24.9. The summed E-state index contributed by atoms with van der Waals surface area (Å²) in [5.41, 5.74) is 0.739. The summed E-state index contributed by atoms with van der Waals surface area (Å²) in [6.45, 7) is 4.48. The smallest absolute Gasteiger partial charge is 0.228 e. The number of aromatic nitrogens is 1. The molecule has 2 aliphatic heterocycles.